The van der Waals surface area contributed by atoms with E-state index in [0.717, 1.165) is 17.0 Å². The number of aryl methyl sites for hydroxylation is 2. The Hall–Kier alpha value is -3.16. The van der Waals surface area contributed by atoms with Gasteiger partial charge in [-0.15, -0.1) is 0 Å². The van der Waals surface area contributed by atoms with Gasteiger partial charge in [0.05, 0.1) is 19.0 Å². The van der Waals surface area contributed by atoms with Gasteiger partial charge in [-0.2, -0.15) is 5.10 Å². The number of hydrogen-bond acceptors (Lipinski definition) is 5. The maximum absolute atomic E-state index is 12.0. The summed E-state index contributed by atoms with van der Waals surface area (Å²) >= 11 is 0. The van der Waals surface area contributed by atoms with Crippen LogP contribution in [0.3, 0.4) is 0 Å². The van der Waals surface area contributed by atoms with Crippen LogP contribution in [0.2, 0.25) is 0 Å². The predicted molar refractivity (Wildman–Crippen MR) is 89.9 cm³/mol. The minimum atomic E-state index is -0.564. The minimum absolute atomic E-state index is 0.0754. The van der Waals surface area contributed by atoms with Gasteiger partial charge in [0.15, 0.2) is 5.65 Å². The highest BCUT2D eigenvalue weighted by molar-refractivity contribution is 5.98. The lowest BCUT2D eigenvalue weighted by Gasteiger charge is -2.11. The van der Waals surface area contributed by atoms with Crippen LogP contribution in [0.25, 0.3) is 5.65 Å². The Morgan fingerprint density at radius 2 is 2.16 bits per heavy atom. The molecule has 0 saturated carbocycles. The summed E-state index contributed by atoms with van der Waals surface area (Å²) in [6.45, 7) is 4.10. The highest BCUT2D eigenvalue weighted by atomic mass is 16.3. The van der Waals surface area contributed by atoms with Crippen molar-refractivity contribution in [3.05, 3.63) is 52.9 Å². The minimum Gasteiger partial charge on any atom is -0.467 e. The summed E-state index contributed by atoms with van der Waals surface area (Å²) in [5.74, 6) is 0.0688. The van der Waals surface area contributed by atoms with Gasteiger partial charge in [0.1, 0.15) is 11.3 Å². The number of nitrogens with zero attached hydrogens (tertiary/aromatic N) is 3. The number of carbonyl (C=O) groups is 2. The molecule has 0 aromatic carbocycles. The van der Waals surface area contributed by atoms with E-state index in [1.165, 1.54) is 6.20 Å². The molecule has 25 heavy (non-hydrogen) atoms. The van der Waals surface area contributed by atoms with E-state index >= 15 is 0 Å². The molecule has 3 rings (SSSR count). The smallest absolute Gasteiger partial charge is 0.254 e. The Bertz CT molecular complexity index is 928. The maximum atomic E-state index is 12.0. The first-order valence-corrected chi connectivity index (χ1v) is 7.90. The van der Waals surface area contributed by atoms with Crippen molar-refractivity contribution in [2.45, 2.75) is 33.2 Å². The van der Waals surface area contributed by atoms with Gasteiger partial charge in [-0.3, -0.25) is 9.59 Å². The summed E-state index contributed by atoms with van der Waals surface area (Å²) < 4.78 is 6.77. The van der Waals surface area contributed by atoms with Crippen LogP contribution >= 0.6 is 0 Å². The van der Waals surface area contributed by atoms with Crippen LogP contribution < -0.4 is 11.1 Å². The van der Waals surface area contributed by atoms with Crippen molar-refractivity contribution < 1.29 is 14.0 Å². The van der Waals surface area contributed by atoms with E-state index < -0.39 is 5.91 Å². The lowest BCUT2D eigenvalue weighted by Crippen LogP contribution is -2.23. The Labute approximate surface area is 144 Å². The third-order valence-corrected chi connectivity index (χ3v) is 4.12. The second-order valence-corrected chi connectivity index (χ2v) is 5.78. The SMILES string of the molecule is Cc1nc2c(C(N)=O)cnn2c(C)c1CCC(=O)NCc1ccco1. The molecule has 3 N–H and O–H groups in total. The molecule has 0 aliphatic heterocycles. The Balaban J connectivity index is 1.73. The summed E-state index contributed by atoms with van der Waals surface area (Å²) in [7, 11) is 0. The molecule has 0 fully saturated rings. The fourth-order valence-corrected chi connectivity index (χ4v) is 2.77. The molecule has 8 heteroatoms. The molecule has 2 amide bonds. The number of carbonyl (C=O) groups excluding carboxylic acids is 2. The predicted octanol–water partition coefficient (Wildman–Crippen LogP) is 1.29. The van der Waals surface area contributed by atoms with Crippen LogP contribution in [0.4, 0.5) is 0 Å². The summed E-state index contributed by atoms with van der Waals surface area (Å²) in [6.07, 6.45) is 3.83. The monoisotopic (exact) mass is 341 g/mol. The summed E-state index contributed by atoms with van der Waals surface area (Å²) in [5.41, 5.74) is 8.59. The largest absolute Gasteiger partial charge is 0.467 e. The molecule has 3 aromatic heterocycles. The van der Waals surface area contributed by atoms with Crippen LogP contribution in [0.5, 0.6) is 0 Å². The zero-order valence-electron chi connectivity index (χ0n) is 14.1. The third kappa shape index (κ3) is 3.37. The number of aromatic nitrogens is 3. The molecule has 0 aliphatic rings. The molecular weight excluding hydrogens is 322 g/mol. The lowest BCUT2D eigenvalue weighted by molar-refractivity contribution is -0.121. The highest BCUT2D eigenvalue weighted by Crippen LogP contribution is 2.18. The number of hydrogen-bond donors (Lipinski definition) is 2. The van der Waals surface area contributed by atoms with Crippen molar-refractivity contribution in [1.29, 1.82) is 0 Å². The number of amides is 2. The Morgan fingerprint density at radius 1 is 1.36 bits per heavy atom. The van der Waals surface area contributed by atoms with E-state index in [1.54, 1.807) is 22.9 Å². The van der Waals surface area contributed by atoms with Gasteiger partial charge in [0.2, 0.25) is 5.91 Å². The molecule has 0 radical (unpaired) electrons. The molecule has 0 atom stereocenters. The van der Waals surface area contributed by atoms with E-state index in [1.807, 2.05) is 13.8 Å². The molecular formula is C17H19N5O3. The lowest BCUT2D eigenvalue weighted by atomic mass is 10.1. The molecule has 0 spiro atoms. The van der Waals surface area contributed by atoms with Crippen molar-refractivity contribution >= 4 is 17.5 Å². The van der Waals surface area contributed by atoms with Gasteiger partial charge in [-0.05, 0) is 38.0 Å². The second kappa shape index (κ2) is 6.76. The Morgan fingerprint density at radius 3 is 2.84 bits per heavy atom. The fraction of sp³-hybridized carbons (Fsp3) is 0.294. The number of primary amides is 1. The number of rotatable bonds is 6. The Kier molecular flexibility index (Phi) is 4.51. The first-order chi connectivity index (χ1) is 12.0. The molecule has 3 aromatic rings. The quantitative estimate of drug-likeness (QED) is 0.701. The van der Waals surface area contributed by atoms with Crippen LogP contribution in [-0.4, -0.2) is 26.4 Å². The van der Waals surface area contributed by atoms with Crippen LogP contribution in [0.1, 0.15) is 39.5 Å². The number of furan rings is 1. The van der Waals surface area contributed by atoms with Crippen LogP contribution in [0.15, 0.2) is 29.0 Å². The topological polar surface area (TPSA) is 116 Å². The van der Waals surface area contributed by atoms with E-state index in [2.05, 4.69) is 15.4 Å². The van der Waals surface area contributed by atoms with Crippen molar-refractivity contribution in [2.75, 3.05) is 0 Å². The average Bonchev–Trinajstić information content (AvgIpc) is 3.21. The summed E-state index contributed by atoms with van der Waals surface area (Å²) in [4.78, 5) is 27.9. The normalized spacial score (nSPS) is 11.0. The molecule has 3 heterocycles. The molecule has 0 bridgehead atoms. The summed E-state index contributed by atoms with van der Waals surface area (Å²) in [6, 6.07) is 3.58. The van der Waals surface area contributed by atoms with E-state index in [4.69, 9.17) is 10.2 Å². The number of fused-ring (bicyclic) bond motifs is 1. The van der Waals surface area contributed by atoms with Crippen molar-refractivity contribution in [1.82, 2.24) is 19.9 Å². The molecule has 130 valence electrons. The van der Waals surface area contributed by atoms with Gasteiger partial charge >= 0.3 is 0 Å². The van der Waals surface area contributed by atoms with Crippen LogP contribution in [0, 0.1) is 13.8 Å². The molecule has 0 unspecified atom stereocenters. The van der Waals surface area contributed by atoms with Crippen molar-refractivity contribution in [3.63, 3.8) is 0 Å². The summed E-state index contributed by atoms with van der Waals surface area (Å²) in [5, 5.41) is 6.99. The van der Waals surface area contributed by atoms with Crippen molar-refractivity contribution in [3.8, 4) is 0 Å². The zero-order chi connectivity index (χ0) is 18.0. The van der Waals surface area contributed by atoms with E-state index in [-0.39, 0.29) is 11.5 Å². The molecule has 0 aliphatic carbocycles. The maximum Gasteiger partial charge on any atom is 0.254 e. The van der Waals surface area contributed by atoms with Gasteiger partial charge < -0.3 is 15.5 Å². The van der Waals surface area contributed by atoms with Crippen LogP contribution in [-0.2, 0) is 17.8 Å². The standard InChI is InChI=1S/C17H19N5O3/c1-10-13(5-6-15(23)19-8-12-4-3-7-25-12)11(2)22-17(21-10)14(9-20-22)16(18)24/h3-4,7,9H,5-6,8H2,1-2H3,(H2,18,24)(H,19,23). The molecule has 0 saturated heterocycles. The van der Waals surface area contributed by atoms with Gasteiger partial charge in [-0.1, -0.05) is 0 Å². The van der Waals surface area contributed by atoms with Gasteiger partial charge in [0.25, 0.3) is 5.91 Å². The zero-order valence-corrected chi connectivity index (χ0v) is 14.1. The van der Waals surface area contributed by atoms with E-state index in [0.29, 0.717) is 30.8 Å². The second-order valence-electron chi connectivity index (χ2n) is 5.78. The molecule has 8 nitrogen and oxygen atoms in total. The number of nitrogens with one attached hydrogen (secondary N) is 1. The first-order valence-electron chi connectivity index (χ1n) is 7.90. The fourth-order valence-electron chi connectivity index (χ4n) is 2.77. The third-order valence-electron chi connectivity index (χ3n) is 4.12. The van der Waals surface area contributed by atoms with E-state index in [9.17, 15) is 9.59 Å². The average molecular weight is 341 g/mol. The van der Waals surface area contributed by atoms with Gasteiger partial charge in [0, 0.05) is 17.8 Å². The first kappa shape index (κ1) is 16.7. The van der Waals surface area contributed by atoms with Crippen molar-refractivity contribution in [2.24, 2.45) is 5.73 Å². The number of nitrogens with two attached hydrogens (primary N) is 1. The van der Waals surface area contributed by atoms with Gasteiger partial charge in [-0.25, -0.2) is 9.50 Å². The highest BCUT2D eigenvalue weighted by Gasteiger charge is 2.17.